The molecule has 3 nitrogen and oxygen atoms in total. The molecule has 0 aliphatic rings. The largest absolute Gasteiger partial charge is 0.458 e. The second-order valence-corrected chi connectivity index (χ2v) is 2.79. The number of aromatic nitrogens is 2. The maximum absolute atomic E-state index is 9.29. The van der Waals surface area contributed by atoms with E-state index in [0.717, 1.165) is 18.7 Å². The van der Waals surface area contributed by atoms with Crippen molar-refractivity contribution < 1.29 is 9.79 Å². The summed E-state index contributed by atoms with van der Waals surface area (Å²) < 4.78 is 3.81. The van der Waals surface area contributed by atoms with Gasteiger partial charge in [0.15, 0.2) is 7.05 Å². The Bertz CT molecular complexity index is 253. The second-order valence-electron chi connectivity index (χ2n) is 2.79. The first-order valence-electron chi connectivity index (χ1n) is 3.92. The Hall–Kier alpha value is -0.990. The molecule has 0 radical (unpaired) electrons. The van der Waals surface area contributed by atoms with Crippen molar-refractivity contribution in [1.29, 1.82) is 0 Å². The van der Waals surface area contributed by atoms with Gasteiger partial charge in [0.05, 0.1) is 18.3 Å². The highest BCUT2D eigenvalue weighted by Gasteiger charge is 2.13. The normalized spacial score (nSPS) is 10.5. The zero-order valence-corrected chi connectivity index (χ0v) is 7.33. The van der Waals surface area contributed by atoms with Crippen LogP contribution in [0.25, 0.3) is 0 Å². The van der Waals surface area contributed by atoms with Gasteiger partial charge in [-0.15, -0.1) is 0 Å². The minimum absolute atomic E-state index is 0.330. The van der Waals surface area contributed by atoms with Gasteiger partial charge in [0.1, 0.15) is 0 Å². The fraction of sp³-hybridized carbons (Fsp3) is 0.625. The van der Waals surface area contributed by atoms with Crippen molar-refractivity contribution in [2.24, 2.45) is 7.05 Å². The molecule has 1 aromatic rings. The molecule has 0 unspecified atom stereocenters. The molecule has 1 N–H and O–H groups in total. The molecule has 0 amide bonds. The van der Waals surface area contributed by atoms with Crippen molar-refractivity contribution in [1.82, 2.24) is 4.68 Å². The zero-order valence-electron chi connectivity index (χ0n) is 7.33. The molecule has 0 bridgehead atoms. The molecule has 1 heterocycles. The molecule has 0 aliphatic heterocycles. The van der Waals surface area contributed by atoms with Crippen molar-refractivity contribution in [2.75, 3.05) is 0 Å². The first kappa shape index (κ1) is 8.11. The fourth-order valence-electron chi connectivity index (χ4n) is 1.25. The molecule has 1 rings (SSSR count). The van der Waals surface area contributed by atoms with Crippen LogP contribution >= 0.6 is 0 Å². The van der Waals surface area contributed by atoms with Crippen LogP contribution in [-0.4, -0.2) is 9.79 Å². The van der Waals surface area contributed by atoms with Gasteiger partial charge in [-0.3, -0.25) is 0 Å². The molecule has 0 spiro atoms. The molecule has 0 saturated carbocycles. The van der Waals surface area contributed by atoms with Crippen LogP contribution in [0.2, 0.25) is 0 Å². The van der Waals surface area contributed by atoms with E-state index in [1.54, 1.807) is 10.7 Å². The lowest BCUT2D eigenvalue weighted by atomic mass is 10.4. The lowest BCUT2D eigenvalue weighted by molar-refractivity contribution is -0.758. The SMILES string of the molecule is CCCn1c(C)cc(O)[n+]1C. The zero-order chi connectivity index (χ0) is 8.43. The van der Waals surface area contributed by atoms with Crippen LogP contribution in [0.4, 0.5) is 0 Å². The number of hydrogen-bond donors (Lipinski definition) is 1. The third kappa shape index (κ3) is 1.37. The highest BCUT2D eigenvalue weighted by Crippen LogP contribution is 2.05. The van der Waals surface area contributed by atoms with Crippen molar-refractivity contribution in [3.05, 3.63) is 11.8 Å². The molecule has 0 atom stereocenters. The van der Waals surface area contributed by atoms with Gasteiger partial charge in [0, 0.05) is 0 Å². The Morgan fingerprint density at radius 1 is 1.64 bits per heavy atom. The van der Waals surface area contributed by atoms with Gasteiger partial charge < -0.3 is 5.11 Å². The van der Waals surface area contributed by atoms with E-state index in [4.69, 9.17) is 0 Å². The fourth-order valence-corrected chi connectivity index (χ4v) is 1.25. The standard InChI is InChI=1S/C8H14N2O/c1-4-5-10-7(2)6-8(11)9(10)3/h6H,4-5H2,1-3H3/p+1. The van der Waals surface area contributed by atoms with Gasteiger partial charge >= 0.3 is 5.88 Å². The quantitative estimate of drug-likeness (QED) is 0.627. The van der Waals surface area contributed by atoms with E-state index in [2.05, 4.69) is 11.6 Å². The number of rotatable bonds is 2. The molecule has 0 aliphatic carbocycles. The predicted octanol–water partition coefficient (Wildman–Crippen LogP) is 0.737. The van der Waals surface area contributed by atoms with E-state index in [0.29, 0.717) is 5.88 Å². The summed E-state index contributed by atoms with van der Waals surface area (Å²) in [5.74, 6) is 0.330. The first-order valence-corrected chi connectivity index (χ1v) is 3.92. The van der Waals surface area contributed by atoms with Crippen LogP contribution < -0.4 is 4.68 Å². The van der Waals surface area contributed by atoms with Crippen LogP contribution in [0.5, 0.6) is 5.88 Å². The number of aryl methyl sites for hydroxylation is 1. The lowest BCUT2D eigenvalue weighted by Gasteiger charge is -1.98. The topological polar surface area (TPSA) is 29.0 Å². The maximum Gasteiger partial charge on any atom is 0.390 e. The summed E-state index contributed by atoms with van der Waals surface area (Å²) in [6.45, 7) is 5.08. The summed E-state index contributed by atoms with van der Waals surface area (Å²) in [7, 11) is 1.86. The smallest absolute Gasteiger partial charge is 0.390 e. The highest BCUT2D eigenvalue weighted by molar-refractivity contribution is 5.06. The molecule has 3 heteroatoms. The van der Waals surface area contributed by atoms with E-state index in [1.807, 2.05) is 14.0 Å². The van der Waals surface area contributed by atoms with Gasteiger partial charge in [-0.2, -0.15) is 4.68 Å². The maximum atomic E-state index is 9.29. The van der Waals surface area contributed by atoms with Crippen LogP contribution in [-0.2, 0) is 13.6 Å². The molecule has 0 saturated heterocycles. The van der Waals surface area contributed by atoms with Crippen LogP contribution in [0.3, 0.4) is 0 Å². The number of hydrogen-bond acceptors (Lipinski definition) is 1. The third-order valence-electron chi connectivity index (χ3n) is 1.87. The summed E-state index contributed by atoms with van der Waals surface area (Å²) in [5.41, 5.74) is 1.10. The van der Waals surface area contributed by atoms with Crippen molar-refractivity contribution >= 4 is 0 Å². The molecule has 1 aromatic heterocycles. The lowest BCUT2D eigenvalue weighted by Crippen LogP contribution is -2.39. The van der Waals surface area contributed by atoms with E-state index in [9.17, 15) is 5.11 Å². The Kier molecular flexibility index (Phi) is 2.17. The molecule has 0 aromatic carbocycles. The molecule has 62 valence electrons. The van der Waals surface area contributed by atoms with Gasteiger partial charge in [-0.25, -0.2) is 0 Å². The van der Waals surface area contributed by atoms with Crippen molar-refractivity contribution in [2.45, 2.75) is 26.8 Å². The van der Waals surface area contributed by atoms with Crippen molar-refractivity contribution in [3.63, 3.8) is 0 Å². The Morgan fingerprint density at radius 3 is 2.64 bits per heavy atom. The summed E-state index contributed by atoms with van der Waals surface area (Å²) in [4.78, 5) is 0. The average molecular weight is 155 g/mol. The molecule has 0 fully saturated rings. The summed E-state index contributed by atoms with van der Waals surface area (Å²) in [6, 6.07) is 1.77. The van der Waals surface area contributed by atoms with Gasteiger partial charge in [-0.05, 0) is 13.3 Å². The van der Waals surface area contributed by atoms with Gasteiger partial charge in [0.2, 0.25) is 0 Å². The summed E-state index contributed by atoms with van der Waals surface area (Å²) in [6.07, 6.45) is 1.09. The molecular weight excluding hydrogens is 140 g/mol. The van der Waals surface area contributed by atoms with Crippen LogP contribution in [0, 0.1) is 6.92 Å². The second kappa shape index (κ2) is 2.95. The monoisotopic (exact) mass is 155 g/mol. The minimum Gasteiger partial charge on any atom is -0.458 e. The molecular formula is C8H15N2O+. The van der Waals surface area contributed by atoms with Crippen LogP contribution in [0.15, 0.2) is 6.07 Å². The van der Waals surface area contributed by atoms with E-state index in [-0.39, 0.29) is 0 Å². The number of aromatic hydroxyl groups is 1. The predicted molar refractivity (Wildman–Crippen MR) is 42.3 cm³/mol. The average Bonchev–Trinajstić information content (AvgIpc) is 2.17. The highest BCUT2D eigenvalue weighted by atomic mass is 16.3. The van der Waals surface area contributed by atoms with Crippen molar-refractivity contribution in [3.8, 4) is 5.88 Å². The Labute approximate surface area is 66.9 Å². The Morgan fingerprint density at radius 2 is 2.27 bits per heavy atom. The summed E-state index contributed by atoms with van der Waals surface area (Å²) in [5, 5.41) is 9.29. The van der Waals surface area contributed by atoms with Gasteiger partial charge in [0.25, 0.3) is 0 Å². The van der Waals surface area contributed by atoms with E-state index < -0.39 is 0 Å². The summed E-state index contributed by atoms with van der Waals surface area (Å²) >= 11 is 0. The number of nitrogens with zero attached hydrogens (tertiary/aromatic N) is 2. The van der Waals surface area contributed by atoms with E-state index in [1.165, 1.54) is 0 Å². The Balaban J connectivity index is 3.02. The minimum atomic E-state index is 0.330. The third-order valence-corrected chi connectivity index (χ3v) is 1.87. The van der Waals surface area contributed by atoms with Gasteiger partial charge in [-0.1, -0.05) is 11.6 Å². The van der Waals surface area contributed by atoms with E-state index >= 15 is 0 Å². The van der Waals surface area contributed by atoms with Crippen LogP contribution in [0.1, 0.15) is 19.0 Å². The molecule has 11 heavy (non-hydrogen) atoms. The first-order chi connectivity index (χ1) is 5.16.